The lowest BCUT2D eigenvalue weighted by atomic mass is 10.2. The molecule has 1 aromatic carbocycles. The maximum absolute atomic E-state index is 13.3. The van der Waals surface area contributed by atoms with Crippen LogP contribution in [0, 0.1) is 13.8 Å². The molecule has 0 saturated heterocycles. The number of nitrogens with zero attached hydrogens (tertiary/aromatic N) is 5. The third kappa shape index (κ3) is 9.54. The number of benzene rings is 1. The van der Waals surface area contributed by atoms with E-state index in [1.54, 1.807) is 29.6 Å². The minimum atomic E-state index is -2.48. The minimum Gasteiger partial charge on any atom is -0.352 e. The van der Waals surface area contributed by atoms with Crippen LogP contribution in [-0.4, -0.2) is 47.1 Å². The van der Waals surface area contributed by atoms with Crippen molar-refractivity contribution in [3.63, 3.8) is 0 Å². The molecule has 12 heteroatoms. The van der Waals surface area contributed by atoms with Crippen molar-refractivity contribution in [2.75, 3.05) is 34.3 Å². The van der Waals surface area contributed by atoms with E-state index in [0.717, 1.165) is 22.8 Å². The van der Waals surface area contributed by atoms with Gasteiger partial charge in [0.1, 0.15) is 17.3 Å². The lowest BCUT2D eigenvalue weighted by Gasteiger charge is -2.26. The number of rotatable bonds is 14. The molecular weight excluding hydrogens is 626 g/mol. The van der Waals surface area contributed by atoms with Gasteiger partial charge < -0.3 is 19.6 Å². The highest BCUT2D eigenvalue weighted by Crippen LogP contribution is 2.36. The summed E-state index contributed by atoms with van der Waals surface area (Å²) in [5.41, 5.74) is 4.72. The second kappa shape index (κ2) is 15.2. The van der Waals surface area contributed by atoms with Crippen molar-refractivity contribution in [3.8, 4) is 0 Å². The Morgan fingerprint density at radius 1 is 1.27 bits per heavy atom. The van der Waals surface area contributed by atoms with E-state index in [1.807, 2.05) is 51.2 Å². The zero-order valence-electron chi connectivity index (χ0n) is 21.6. The van der Waals surface area contributed by atoms with Gasteiger partial charge in [0.05, 0.1) is 23.6 Å². The number of anilines is 3. The lowest BCUT2D eigenvalue weighted by Crippen LogP contribution is -2.21. The molecule has 200 valence electrons. The predicted octanol–water partition coefficient (Wildman–Crippen LogP) is 7.56. The van der Waals surface area contributed by atoms with Crippen LogP contribution in [0.1, 0.15) is 25.4 Å². The minimum absolute atomic E-state index is 0.0989. The van der Waals surface area contributed by atoms with Crippen LogP contribution < -0.4 is 14.9 Å². The summed E-state index contributed by atoms with van der Waals surface area (Å²) < 4.78 is 30.3. The first-order valence-corrected chi connectivity index (χ1v) is 16.4. The molecule has 1 atom stereocenters. The van der Waals surface area contributed by atoms with Gasteiger partial charge in [-0.1, -0.05) is 37.6 Å². The smallest absolute Gasteiger partial charge is 0.256 e. The van der Waals surface area contributed by atoms with Gasteiger partial charge in [-0.25, -0.2) is 18.7 Å². The van der Waals surface area contributed by atoms with E-state index in [1.165, 1.54) is 0 Å². The van der Waals surface area contributed by atoms with Crippen molar-refractivity contribution in [2.24, 2.45) is 4.99 Å². The molecular formula is C25H33F2IN7PS. The largest absolute Gasteiger partial charge is 0.352 e. The fourth-order valence-electron chi connectivity index (χ4n) is 3.48. The van der Waals surface area contributed by atoms with Gasteiger partial charge in [-0.3, -0.25) is 4.99 Å². The lowest BCUT2D eigenvalue weighted by molar-refractivity contribution is 0.130. The molecule has 0 spiro atoms. The van der Waals surface area contributed by atoms with Crippen molar-refractivity contribution in [3.05, 3.63) is 77.3 Å². The highest BCUT2D eigenvalue weighted by molar-refractivity contribution is 14.2. The third-order valence-corrected chi connectivity index (χ3v) is 8.30. The molecule has 0 fully saturated rings. The average molecular weight is 660 g/mol. The van der Waals surface area contributed by atoms with E-state index in [-0.39, 0.29) is 6.37 Å². The van der Waals surface area contributed by atoms with Crippen molar-refractivity contribution in [2.45, 2.75) is 34.1 Å². The fourth-order valence-corrected chi connectivity index (χ4v) is 6.28. The Bertz CT molecular complexity index is 1140. The number of aromatic nitrogens is 2. The summed E-state index contributed by atoms with van der Waals surface area (Å²) in [4.78, 5) is 13.0. The van der Waals surface area contributed by atoms with Crippen LogP contribution in [0.4, 0.5) is 26.0 Å². The molecule has 0 aliphatic rings. The Labute approximate surface area is 237 Å². The van der Waals surface area contributed by atoms with Crippen molar-refractivity contribution < 1.29 is 8.78 Å². The number of halogens is 3. The van der Waals surface area contributed by atoms with Crippen LogP contribution in [-0.2, 0) is 0 Å². The Balaban J connectivity index is 2.58. The van der Waals surface area contributed by atoms with E-state index in [4.69, 9.17) is 0 Å². The summed E-state index contributed by atoms with van der Waals surface area (Å²) in [6.45, 7) is 15.1. The molecule has 2 N–H and O–H groups in total. The first-order chi connectivity index (χ1) is 17.6. The average Bonchev–Trinajstić information content (AvgIpc) is 2.82. The van der Waals surface area contributed by atoms with Crippen LogP contribution in [0.25, 0.3) is 0 Å². The number of para-hydroxylation sites is 2. The molecule has 0 bridgehead atoms. The van der Waals surface area contributed by atoms with Gasteiger partial charge in [-0.15, -0.1) is 0 Å². The first kappa shape index (κ1) is 31.0. The summed E-state index contributed by atoms with van der Waals surface area (Å²) in [7, 11) is 1.99. The second-order valence-electron chi connectivity index (χ2n) is 7.89. The molecule has 2 aromatic rings. The van der Waals surface area contributed by atoms with E-state index in [0.29, 0.717) is 34.4 Å². The summed E-state index contributed by atoms with van der Waals surface area (Å²) >= 11 is 3.77. The van der Waals surface area contributed by atoms with E-state index >= 15 is 0 Å². The molecule has 1 unspecified atom stereocenters. The molecule has 1 heterocycles. The molecule has 2 rings (SSSR count). The van der Waals surface area contributed by atoms with Crippen LogP contribution in [0.15, 0.2) is 70.8 Å². The Morgan fingerprint density at radius 3 is 2.57 bits per heavy atom. The SMILES string of the molecule is C=NC(=C(/C)N(CC(F)F)PI)/C(=C\C(=C)Nc1cc(C)nc(C)n1)Nc1ccccc1N(C)SCC. The monoisotopic (exact) mass is 659 g/mol. The Kier molecular flexibility index (Phi) is 12.8. The number of aryl methyl sites for hydroxylation is 2. The van der Waals surface area contributed by atoms with Gasteiger partial charge in [0, 0.05) is 42.3 Å². The van der Waals surface area contributed by atoms with Gasteiger partial charge in [-0.2, -0.15) is 0 Å². The number of aliphatic imine (C=N–C) groups is 1. The molecule has 1 aromatic heterocycles. The maximum Gasteiger partial charge on any atom is 0.256 e. The molecule has 0 amide bonds. The number of hydrogen-bond acceptors (Lipinski definition) is 8. The molecule has 0 saturated carbocycles. The third-order valence-electron chi connectivity index (χ3n) is 4.99. The van der Waals surface area contributed by atoms with E-state index in [9.17, 15) is 8.78 Å². The van der Waals surface area contributed by atoms with Crippen LogP contribution >= 0.6 is 40.4 Å². The van der Waals surface area contributed by atoms with Gasteiger partial charge in [0.15, 0.2) is 0 Å². The molecule has 37 heavy (non-hydrogen) atoms. The van der Waals surface area contributed by atoms with E-state index < -0.39 is 13.0 Å². The number of allylic oxidation sites excluding steroid dienone is 2. The zero-order chi connectivity index (χ0) is 27.5. The van der Waals surface area contributed by atoms with Crippen molar-refractivity contribution >= 4 is 64.3 Å². The molecule has 0 aliphatic heterocycles. The standard InChI is InChI=1S/C25H33F2IN7PS/c1-8-37-34(7)22-12-10-9-11-20(22)33-21(25(29-6)18(4)35(36-28)15-23(26)27)13-16(2)31-24-14-17(3)30-19(5)32-24/h9-14,23,33,36H,2,6,8,15H2,1,3-5,7H3,(H,30,31,32)/b21-13+,25-18-. The van der Waals surface area contributed by atoms with Gasteiger partial charge in [0.2, 0.25) is 0 Å². The van der Waals surface area contributed by atoms with Crippen LogP contribution in [0.3, 0.4) is 0 Å². The summed E-state index contributed by atoms with van der Waals surface area (Å²) in [6.07, 6.45) is -0.604. The Morgan fingerprint density at radius 2 is 1.97 bits per heavy atom. The number of nitrogens with one attached hydrogen (secondary N) is 2. The van der Waals surface area contributed by atoms with Gasteiger partial charge in [0.25, 0.3) is 6.43 Å². The van der Waals surface area contributed by atoms with E-state index in [2.05, 4.69) is 72.2 Å². The quantitative estimate of drug-likeness (QED) is 0.0714. The number of hydrogen-bond donors (Lipinski definition) is 2. The van der Waals surface area contributed by atoms with Crippen molar-refractivity contribution in [1.29, 1.82) is 0 Å². The summed E-state index contributed by atoms with van der Waals surface area (Å²) in [5.74, 6) is 2.15. The normalized spacial score (nSPS) is 12.5. The highest BCUT2D eigenvalue weighted by atomic mass is 127. The zero-order valence-corrected chi connectivity index (χ0v) is 25.6. The van der Waals surface area contributed by atoms with Crippen LogP contribution in [0.2, 0.25) is 0 Å². The Hall–Kier alpha value is -2.24. The summed E-state index contributed by atoms with van der Waals surface area (Å²) in [5, 5.41) is 6.65. The predicted molar refractivity (Wildman–Crippen MR) is 166 cm³/mol. The topological polar surface area (TPSA) is 68.7 Å². The fraction of sp³-hybridized carbons (Fsp3) is 0.320. The maximum atomic E-state index is 13.3. The van der Waals surface area contributed by atoms with Crippen molar-refractivity contribution in [1.82, 2.24) is 14.6 Å². The van der Waals surface area contributed by atoms with Gasteiger partial charge in [-0.05, 0) is 67.7 Å². The second-order valence-corrected chi connectivity index (χ2v) is 11.4. The summed E-state index contributed by atoms with van der Waals surface area (Å²) in [6, 6.07) is 9.68. The first-order valence-electron chi connectivity index (χ1n) is 11.4. The molecule has 0 aliphatic carbocycles. The van der Waals surface area contributed by atoms with Crippen LogP contribution in [0.5, 0.6) is 0 Å². The highest BCUT2D eigenvalue weighted by Gasteiger charge is 2.19. The van der Waals surface area contributed by atoms with Gasteiger partial charge >= 0.3 is 0 Å². The molecule has 0 radical (unpaired) electrons. The number of alkyl halides is 2. The molecule has 7 nitrogen and oxygen atoms in total.